The molecule has 19 heavy (non-hydrogen) atoms. The van der Waals surface area contributed by atoms with Gasteiger partial charge < -0.3 is 15.8 Å². The van der Waals surface area contributed by atoms with E-state index in [2.05, 4.69) is 5.32 Å². The summed E-state index contributed by atoms with van der Waals surface area (Å²) in [5, 5.41) is 3.22. The van der Waals surface area contributed by atoms with Crippen molar-refractivity contribution in [3.63, 3.8) is 0 Å². The van der Waals surface area contributed by atoms with Gasteiger partial charge in [-0.05, 0) is 36.4 Å². The number of nitrogens with two attached hydrogens (primary N) is 1. The first-order valence-corrected chi connectivity index (χ1v) is 5.98. The van der Waals surface area contributed by atoms with Crippen LogP contribution in [0, 0.1) is 0 Å². The highest BCUT2D eigenvalue weighted by Gasteiger charge is 2.09. The number of anilines is 2. The Morgan fingerprint density at radius 2 is 2.05 bits per heavy atom. The van der Waals surface area contributed by atoms with Gasteiger partial charge in [-0.1, -0.05) is 17.7 Å². The molecule has 0 aliphatic heterocycles. The molecule has 2 aromatic rings. The molecule has 4 nitrogen and oxygen atoms in total. The lowest BCUT2D eigenvalue weighted by atomic mass is 10.2. The maximum Gasteiger partial charge on any atom is 0.255 e. The van der Waals surface area contributed by atoms with E-state index >= 15 is 0 Å². The van der Waals surface area contributed by atoms with Crippen molar-refractivity contribution >= 4 is 28.9 Å². The summed E-state index contributed by atoms with van der Waals surface area (Å²) in [4.78, 5) is 12.1. The molecule has 0 atom stereocenters. The topological polar surface area (TPSA) is 64.3 Å². The van der Waals surface area contributed by atoms with Crippen molar-refractivity contribution in [1.29, 1.82) is 0 Å². The molecule has 0 saturated heterocycles. The Morgan fingerprint density at radius 1 is 1.26 bits per heavy atom. The quantitative estimate of drug-likeness (QED) is 0.846. The van der Waals surface area contributed by atoms with E-state index < -0.39 is 0 Å². The van der Waals surface area contributed by atoms with E-state index in [1.165, 1.54) is 0 Å². The summed E-state index contributed by atoms with van der Waals surface area (Å²) in [5.41, 5.74) is 7.20. The zero-order chi connectivity index (χ0) is 13.8. The molecule has 0 radical (unpaired) electrons. The van der Waals surface area contributed by atoms with Crippen molar-refractivity contribution < 1.29 is 9.53 Å². The molecule has 98 valence electrons. The van der Waals surface area contributed by atoms with E-state index in [4.69, 9.17) is 22.1 Å². The fraction of sp³-hybridized carbons (Fsp3) is 0.0714. The number of nitrogen functional groups attached to an aromatic ring is 1. The zero-order valence-electron chi connectivity index (χ0n) is 10.3. The van der Waals surface area contributed by atoms with Crippen LogP contribution in [0.1, 0.15) is 10.4 Å². The fourth-order valence-corrected chi connectivity index (χ4v) is 1.77. The number of carbonyl (C=O) groups excluding carboxylic acids is 1. The maximum atomic E-state index is 12.1. The second kappa shape index (κ2) is 5.63. The lowest BCUT2D eigenvalue weighted by Crippen LogP contribution is -2.13. The van der Waals surface area contributed by atoms with Crippen LogP contribution in [0.2, 0.25) is 5.02 Å². The minimum atomic E-state index is -0.270. The fourth-order valence-electron chi connectivity index (χ4n) is 1.60. The average molecular weight is 277 g/mol. The summed E-state index contributed by atoms with van der Waals surface area (Å²) in [5.74, 6) is 0.347. The van der Waals surface area contributed by atoms with Crippen molar-refractivity contribution in [2.24, 2.45) is 0 Å². The highest BCUT2D eigenvalue weighted by molar-refractivity contribution is 6.31. The van der Waals surface area contributed by atoms with Gasteiger partial charge in [0.15, 0.2) is 0 Å². The first kappa shape index (κ1) is 13.2. The number of halogens is 1. The van der Waals surface area contributed by atoms with Crippen LogP contribution in [0.25, 0.3) is 0 Å². The highest BCUT2D eigenvalue weighted by Crippen LogP contribution is 2.24. The highest BCUT2D eigenvalue weighted by atomic mass is 35.5. The third-order valence-electron chi connectivity index (χ3n) is 2.60. The summed E-state index contributed by atoms with van der Waals surface area (Å²) in [6.45, 7) is 0. The largest absolute Gasteiger partial charge is 0.497 e. The normalized spacial score (nSPS) is 10.0. The molecule has 0 saturated carbocycles. The first-order chi connectivity index (χ1) is 9.10. The van der Waals surface area contributed by atoms with Crippen molar-refractivity contribution in [1.82, 2.24) is 0 Å². The second-order valence-electron chi connectivity index (χ2n) is 3.92. The van der Waals surface area contributed by atoms with Gasteiger partial charge in [-0.15, -0.1) is 0 Å². The Kier molecular flexibility index (Phi) is 3.92. The van der Waals surface area contributed by atoms with Crippen LogP contribution < -0.4 is 15.8 Å². The number of hydrogen-bond acceptors (Lipinski definition) is 3. The minimum Gasteiger partial charge on any atom is -0.497 e. The standard InChI is InChI=1S/C14H13ClN2O2/c1-19-11-4-2-3-9(7-11)14(18)17-13-8-10(15)5-6-12(13)16/h2-8H,16H2,1H3,(H,17,18). The van der Waals surface area contributed by atoms with Gasteiger partial charge in [-0.3, -0.25) is 4.79 Å². The van der Waals surface area contributed by atoms with Crippen LogP contribution in [0.15, 0.2) is 42.5 Å². The summed E-state index contributed by atoms with van der Waals surface area (Å²) in [6.07, 6.45) is 0. The Bertz CT molecular complexity index is 614. The van der Waals surface area contributed by atoms with E-state index in [1.807, 2.05) is 0 Å². The Labute approximate surface area is 116 Å². The Hall–Kier alpha value is -2.20. The molecule has 1 amide bonds. The molecule has 2 aromatic carbocycles. The van der Waals surface area contributed by atoms with Crippen LogP contribution in [0.5, 0.6) is 5.75 Å². The Morgan fingerprint density at radius 3 is 2.79 bits per heavy atom. The molecule has 0 aliphatic rings. The van der Waals surface area contributed by atoms with Gasteiger partial charge in [-0.25, -0.2) is 0 Å². The molecule has 5 heteroatoms. The predicted octanol–water partition coefficient (Wildman–Crippen LogP) is 3.18. The number of methoxy groups -OCH3 is 1. The number of nitrogens with one attached hydrogen (secondary N) is 1. The number of benzene rings is 2. The van der Waals surface area contributed by atoms with Gasteiger partial charge in [0.25, 0.3) is 5.91 Å². The van der Waals surface area contributed by atoms with E-state index in [0.717, 1.165) is 0 Å². The molecule has 0 fully saturated rings. The molecule has 0 aliphatic carbocycles. The molecule has 3 N–H and O–H groups in total. The van der Waals surface area contributed by atoms with Crippen LogP contribution in [-0.4, -0.2) is 13.0 Å². The zero-order valence-corrected chi connectivity index (χ0v) is 11.1. The van der Waals surface area contributed by atoms with Crippen LogP contribution in [0.3, 0.4) is 0 Å². The van der Waals surface area contributed by atoms with Gasteiger partial charge in [0.1, 0.15) is 5.75 Å². The van der Waals surface area contributed by atoms with E-state index in [1.54, 1.807) is 49.6 Å². The lowest BCUT2D eigenvalue weighted by molar-refractivity contribution is 0.102. The first-order valence-electron chi connectivity index (χ1n) is 5.60. The lowest BCUT2D eigenvalue weighted by Gasteiger charge is -2.09. The van der Waals surface area contributed by atoms with Gasteiger partial charge in [-0.2, -0.15) is 0 Å². The number of rotatable bonds is 3. The SMILES string of the molecule is COc1cccc(C(=O)Nc2cc(Cl)ccc2N)c1. The number of carbonyl (C=O) groups is 1. The molecule has 2 rings (SSSR count). The van der Waals surface area contributed by atoms with Gasteiger partial charge in [0, 0.05) is 10.6 Å². The number of ether oxygens (including phenoxy) is 1. The van der Waals surface area contributed by atoms with Crippen molar-refractivity contribution in [3.8, 4) is 5.75 Å². The van der Waals surface area contributed by atoms with E-state index in [-0.39, 0.29) is 5.91 Å². The molecular weight excluding hydrogens is 264 g/mol. The molecule has 0 aromatic heterocycles. The minimum absolute atomic E-state index is 0.270. The number of amides is 1. The van der Waals surface area contributed by atoms with Crippen molar-refractivity contribution in [2.75, 3.05) is 18.2 Å². The predicted molar refractivity (Wildman–Crippen MR) is 76.8 cm³/mol. The summed E-state index contributed by atoms with van der Waals surface area (Å²) >= 11 is 5.87. The average Bonchev–Trinajstić information content (AvgIpc) is 2.43. The van der Waals surface area contributed by atoms with Crippen molar-refractivity contribution in [2.45, 2.75) is 0 Å². The van der Waals surface area contributed by atoms with E-state index in [9.17, 15) is 4.79 Å². The Balaban J connectivity index is 2.22. The van der Waals surface area contributed by atoms with Gasteiger partial charge >= 0.3 is 0 Å². The summed E-state index contributed by atoms with van der Waals surface area (Å²) < 4.78 is 5.07. The van der Waals surface area contributed by atoms with Gasteiger partial charge in [0.2, 0.25) is 0 Å². The van der Waals surface area contributed by atoms with Gasteiger partial charge in [0.05, 0.1) is 18.5 Å². The molecule has 0 spiro atoms. The molecular formula is C14H13ClN2O2. The van der Waals surface area contributed by atoms with E-state index in [0.29, 0.717) is 27.7 Å². The molecule has 0 unspecified atom stereocenters. The number of hydrogen-bond donors (Lipinski definition) is 2. The van der Waals surface area contributed by atoms with Crippen LogP contribution in [-0.2, 0) is 0 Å². The second-order valence-corrected chi connectivity index (χ2v) is 4.35. The third-order valence-corrected chi connectivity index (χ3v) is 2.83. The summed E-state index contributed by atoms with van der Waals surface area (Å²) in [7, 11) is 1.55. The van der Waals surface area contributed by atoms with Crippen molar-refractivity contribution in [3.05, 3.63) is 53.1 Å². The summed E-state index contributed by atoms with van der Waals surface area (Å²) in [6, 6.07) is 11.8. The maximum absolute atomic E-state index is 12.1. The van der Waals surface area contributed by atoms with Crippen LogP contribution >= 0.6 is 11.6 Å². The smallest absolute Gasteiger partial charge is 0.255 e. The third kappa shape index (κ3) is 3.17. The van der Waals surface area contributed by atoms with Crippen LogP contribution in [0.4, 0.5) is 11.4 Å². The monoisotopic (exact) mass is 276 g/mol. The molecule has 0 bridgehead atoms. The molecule has 0 heterocycles.